The number of likely N-dealkylation sites (N-methyl/N-ethyl adjacent to an activating group) is 1. The summed E-state index contributed by atoms with van der Waals surface area (Å²) in [6, 6.07) is 4.61. The molecule has 2 aromatic heterocycles. The molecule has 1 spiro atoms. The van der Waals surface area contributed by atoms with Crippen molar-refractivity contribution in [3.05, 3.63) is 34.4 Å². The summed E-state index contributed by atoms with van der Waals surface area (Å²) in [5.74, 6) is -0.713. The summed E-state index contributed by atoms with van der Waals surface area (Å²) < 4.78 is 59.3. The highest BCUT2D eigenvalue weighted by molar-refractivity contribution is 7.23. The number of nitrogens with two attached hydrogens (primary N) is 1. The van der Waals surface area contributed by atoms with Gasteiger partial charge in [0.05, 0.1) is 32.8 Å². The zero-order valence-corrected chi connectivity index (χ0v) is 25.4. The molecule has 13 heteroatoms. The second-order valence-electron chi connectivity index (χ2n) is 12.5. The van der Waals surface area contributed by atoms with Crippen molar-refractivity contribution in [3.63, 3.8) is 0 Å². The summed E-state index contributed by atoms with van der Waals surface area (Å²) in [7, 11) is 1.86. The van der Waals surface area contributed by atoms with Gasteiger partial charge >= 0.3 is 6.01 Å². The largest absolute Gasteiger partial charge is 0.483 e. The monoisotopic (exact) mass is 640 g/mol. The van der Waals surface area contributed by atoms with Gasteiger partial charge in [0.25, 0.3) is 0 Å². The van der Waals surface area contributed by atoms with Gasteiger partial charge in [0.15, 0.2) is 11.6 Å². The number of alkyl halides is 1. The summed E-state index contributed by atoms with van der Waals surface area (Å²) in [6.45, 7) is 1.84. The van der Waals surface area contributed by atoms with Crippen molar-refractivity contribution >= 4 is 54.7 Å². The lowest BCUT2D eigenvalue weighted by Crippen LogP contribution is -2.51. The van der Waals surface area contributed by atoms with Gasteiger partial charge in [0.2, 0.25) is 0 Å². The Labute approximate surface area is 260 Å². The number of nitrogens with zero attached hydrogens (tertiary/aromatic N) is 5. The average Bonchev–Trinajstić information content (AvgIpc) is 3.59. The Balaban J connectivity index is 1.35. The molecule has 2 aromatic carbocycles. The highest BCUT2D eigenvalue weighted by atomic mass is 35.5. The molecule has 0 unspecified atom stereocenters. The van der Waals surface area contributed by atoms with Crippen molar-refractivity contribution in [2.45, 2.75) is 55.8 Å². The SMILES string of the molecule is CN1CC2(CCC2)Oc2c(Cl)c(-c3ccc(F)c4sc(N)c(C#N)c34)c(F)c3nc(OC[C@@]45CCCN4C[C@H](F)C5)nc1c23. The maximum Gasteiger partial charge on any atom is 0.319 e. The third-order valence-electron chi connectivity index (χ3n) is 9.84. The molecular weight excluding hydrogens is 613 g/mol. The molecule has 44 heavy (non-hydrogen) atoms. The van der Waals surface area contributed by atoms with E-state index in [2.05, 4.69) is 9.88 Å². The fraction of sp³-hybridized carbons (Fsp3) is 0.452. The van der Waals surface area contributed by atoms with Crippen LogP contribution >= 0.6 is 22.9 Å². The molecule has 2 atom stereocenters. The predicted molar refractivity (Wildman–Crippen MR) is 163 cm³/mol. The summed E-state index contributed by atoms with van der Waals surface area (Å²) >= 11 is 7.97. The van der Waals surface area contributed by atoms with E-state index in [1.165, 1.54) is 12.1 Å². The first kappa shape index (κ1) is 28.0. The zero-order chi connectivity index (χ0) is 30.5. The number of nitriles is 1. The van der Waals surface area contributed by atoms with Crippen LogP contribution < -0.4 is 20.1 Å². The van der Waals surface area contributed by atoms with Crippen molar-refractivity contribution < 1.29 is 22.6 Å². The van der Waals surface area contributed by atoms with E-state index in [1.54, 1.807) is 0 Å². The van der Waals surface area contributed by atoms with Crippen molar-refractivity contribution in [1.29, 1.82) is 5.26 Å². The van der Waals surface area contributed by atoms with E-state index in [-0.39, 0.29) is 60.7 Å². The third-order valence-corrected chi connectivity index (χ3v) is 11.2. The summed E-state index contributed by atoms with van der Waals surface area (Å²) in [5, 5.41) is 10.5. The van der Waals surface area contributed by atoms with Gasteiger partial charge in [-0.1, -0.05) is 17.7 Å². The smallest absolute Gasteiger partial charge is 0.319 e. The van der Waals surface area contributed by atoms with Gasteiger partial charge in [-0.3, -0.25) is 4.90 Å². The van der Waals surface area contributed by atoms with Crippen molar-refractivity contribution in [1.82, 2.24) is 14.9 Å². The Morgan fingerprint density at radius 3 is 2.80 bits per heavy atom. The summed E-state index contributed by atoms with van der Waals surface area (Å²) in [4.78, 5) is 13.3. The van der Waals surface area contributed by atoms with Gasteiger partial charge < -0.3 is 20.1 Å². The first-order valence-corrected chi connectivity index (χ1v) is 15.9. The van der Waals surface area contributed by atoms with Crippen LogP contribution in [0.3, 0.4) is 0 Å². The van der Waals surface area contributed by atoms with Crippen LogP contribution in [-0.4, -0.2) is 65.5 Å². The highest BCUT2D eigenvalue weighted by Crippen LogP contribution is 2.53. The molecule has 2 saturated heterocycles. The van der Waals surface area contributed by atoms with E-state index in [0.29, 0.717) is 30.7 Å². The molecular formula is C31H28ClF3N6O2S. The first-order chi connectivity index (χ1) is 21.1. The van der Waals surface area contributed by atoms with Crippen LogP contribution in [0, 0.1) is 23.0 Å². The van der Waals surface area contributed by atoms with Gasteiger partial charge in [-0.2, -0.15) is 15.2 Å². The van der Waals surface area contributed by atoms with Crippen LogP contribution in [0.5, 0.6) is 11.8 Å². The number of ether oxygens (including phenoxy) is 2. The number of hydrogen-bond donors (Lipinski definition) is 1. The normalized spacial score (nSPS) is 23.9. The first-order valence-electron chi connectivity index (χ1n) is 14.7. The van der Waals surface area contributed by atoms with Gasteiger partial charge in [-0.15, -0.1) is 11.3 Å². The number of anilines is 2. The van der Waals surface area contributed by atoms with Crippen molar-refractivity contribution in [3.8, 4) is 29.0 Å². The molecule has 0 radical (unpaired) electrons. The number of rotatable bonds is 4. The van der Waals surface area contributed by atoms with Crippen LogP contribution in [0.25, 0.3) is 32.1 Å². The number of fused-ring (bicyclic) bond motifs is 2. The number of thiophene rings is 1. The Bertz CT molecular complexity index is 1930. The van der Waals surface area contributed by atoms with E-state index in [1.807, 2.05) is 18.0 Å². The Morgan fingerprint density at radius 1 is 1.23 bits per heavy atom. The molecule has 1 aliphatic carbocycles. The molecule has 2 N–H and O–H groups in total. The molecule has 4 aromatic rings. The molecule has 0 bridgehead atoms. The molecule has 8 rings (SSSR count). The van der Waals surface area contributed by atoms with Gasteiger partial charge in [-0.05, 0) is 50.3 Å². The number of halogens is 4. The van der Waals surface area contributed by atoms with Crippen LogP contribution in [0.4, 0.5) is 24.0 Å². The fourth-order valence-corrected chi connectivity index (χ4v) is 8.92. The van der Waals surface area contributed by atoms with Crippen LogP contribution in [0.1, 0.15) is 44.1 Å². The topological polar surface area (TPSA) is 101 Å². The minimum absolute atomic E-state index is 0.0166. The van der Waals surface area contributed by atoms with E-state index in [4.69, 9.17) is 31.8 Å². The number of benzene rings is 2. The minimum atomic E-state index is -0.926. The second-order valence-corrected chi connectivity index (χ2v) is 13.9. The summed E-state index contributed by atoms with van der Waals surface area (Å²) in [5.41, 5.74) is 5.19. The van der Waals surface area contributed by atoms with Gasteiger partial charge in [0.1, 0.15) is 46.6 Å². The van der Waals surface area contributed by atoms with Crippen LogP contribution in [-0.2, 0) is 0 Å². The lowest BCUT2D eigenvalue weighted by Gasteiger charge is -2.42. The fourth-order valence-electron chi connectivity index (χ4n) is 7.65. The van der Waals surface area contributed by atoms with E-state index in [9.17, 15) is 14.0 Å². The van der Waals surface area contributed by atoms with Crippen LogP contribution in [0.15, 0.2) is 12.1 Å². The Kier molecular flexibility index (Phi) is 6.19. The highest BCUT2D eigenvalue weighted by Gasteiger charge is 2.50. The predicted octanol–water partition coefficient (Wildman–Crippen LogP) is 6.60. The quantitative estimate of drug-likeness (QED) is 0.266. The maximum atomic E-state index is 17.0. The maximum absolute atomic E-state index is 17.0. The number of nitrogen functional groups attached to an aromatic ring is 1. The second kappa shape index (κ2) is 9.73. The van der Waals surface area contributed by atoms with Gasteiger partial charge in [0, 0.05) is 31.0 Å². The molecule has 8 nitrogen and oxygen atoms in total. The molecule has 4 aliphatic rings. The zero-order valence-electron chi connectivity index (χ0n) is 23.9. The van der Waals surface area contributed by atoms with Crippen LogP contribution in [0.2, 0.25) is 5.02 Å². The van der Waals surface area contributed by atoms with Crippen molar-refractivity contribution in [2.24, 2.45) is 0 Å². The molecule has 3 aliphatic heterocycles. The standard InChI is InChI=1S/C31H28ClF3N6O2S/c1-40-13-31(7-2-8-31)43-25-21-24(38-29(39-28(21)40)42-14-30-6-3-9-41(30)12-15(33)10-30)23(35)20(22(25)32)16-4-5-18(34)26-19(16)17(11-36)27(37)44-26/h4-5,15H,2-3,6-10,12-14,37H2,1H3/t15-,30+/m1/s1. The molecule has 1 saturated carbocycles. The number of aromatic nitrogens is 2. The Morgan fingerprint density at radius 2 is 2.05 bits per heavy atom. The molecule has 5 heterocycles. The summed E-state index contributed by atoms with van der Waals surface area (Å²) in [6.07, 6.45) is 3.70. The van der Waals surface area contributed by atoms with E-state index >= 15 is 4.39 Å². The lowest BCUT2D eigenvalue weighted by atomic mass is 9.79. The van der Waals surface area contributed by atoms with E-state index in [0.717, 1.165) is 50.0 Å². The minimum Gasteiger partial charge on any atom is -0.483 e. The molecule has 3 fully saturated rings. The lowest BCUT2D eigenvalue weighted by molar-refractivity contribution is 0.00388. The molecule has 228 valence electrons. The Hall–Kier alpha value is -3.53. The average molecular weight is 641 g/mol. The molecule has 0 amide bonds. The van der Waals surface area contributed by atoms with Gasteiger partial charge in [-0.25, -0.2) is 13.2 Å². The number of hydrogen-bond acceptors (Lipinski definition) is 9. The van der Waals surface area contributed by atoms with Crippen molar-refractivity contribution in [2.75, 3.05) is 43.9 Å². The third kappa shape index (κ3) is 3.91. The van der Waals surface area contributed by atoms with E-state index < -0.39 is 28.9 Å².